The van der Waals surface area contributed by atoms with Crippen molar-refractivity contribution in [1.82, 2.24) is 5.32 Å². The molecule has 0 aromatic rings. The molecule has 0 saturated carbocycles. The van der Waals surface area contributed by atoms with Gasteiger partial charge in [0.1, 0.15) is 19.3 Å². The number of ether oxygens (including phenoxy) is 1. The fourth-order valence-electron chi connectivity index (χ4n) is 11.4. The fourth-order valence-corrected chi connectivity index (χ4v) is 12.1. The van der Waals surface area contributed by atoms with Crippen LogP contribution in [0.25, 0.3) is 0 Å². The molecule has 0 rings (SSSR count). The summed E-state index contributed by atoms with van der Waals surface area (Å²) in [6, 6.07) is -0.856. The van der Waals surface area contributed by atoms with Crippen molar-refractivity contribution in [2.45, 2.75) is 380 Å². The second kappa shape index (κ2) is 71.7. The minimum Gasteiger partial charge on any atom is -0.456 e. The highest BCUT2D eigenvalue weighted by atomic mass is 31.2. The van der Waals surface area contributed by atoms with Gasteiger partial charge >= 0.3 is 13.8 Å². The lowest BCUT2D eigenvalue weighted by Gasteiger charge is -2.27. The molecule has 0 saturated heterocycles. The Hall–Kier alpha value is -3.07. The van der Waals surface area contributed by atoms with Gasteiger partial charge < -0.3 is 19.4 Å². The zero-order chi connectivity index (χ0) is 67.8. The molecule has 0 bridgehead atoms. The van der Waals surface area contributed by atoms with Crippen LogP contribution in [0.15, 0.2) is 97.2 Å². The molecule has 0 aliphatic rings. The van der Waals surface area contributed by atoms with E-state index in [-0.39, 0.29) is 31.5 Å². The van der Waals surface area contributed by atoms with Crippen molar-refractivity contribution in [1.29, 1.82) is 0 Å². The van der Waals surface area contributed by atoms with Gasteiger partial charge in [-0.25, -0.2) is 4.57 Å². The van der Waals surface area contributed by atoms with Gasteiger partial charge in [0, 0.05) is 12.8 Å². The lowest BCUT2D eigenvalue weighted by Crippen LogP contribution is -2.47. The highest BCUT2D eigenvalue weighted by molar-refractivity contribution is 7.47. The summed E-state index contributed by atoms with van der Waals surface area (Å²) in [5.41, 5.74) is 0. The molecule has 0 aromatic heterocycles. The average Bonchev–Trinajstić information content (AvgIpc) is 2.31. The number of phosphoric acid groups is 1. The number of hydrogen-bond donors (Lipinski definition) is 2. The zero-order valence-electron chi connectivity index (χ0n) is 62.0. The van der Waals surface area contributed by atoms with Crippen molar-refractivity contribution in [2.75, 3.05) is 40.9 Å². The van der Waals surface area contributed by atoms with Crippen LogP contribution in [0.1, 0.15) is 367 Å². The Morgan fingerprint density at radius 2 is 0.656 bits per heavy atom. The van der Waals surface area contributed by atoms with E-state index in [0.717, 1.165) is 89.9 Å². The van der Waals surface area contributed by atoms with Crippen LogP contribution >= 0.6 is 7.82 Å². The maximum Gasteiger partial charge on any atom is 0.472 e. The predicted octanol–water partition coefficient (Wildman–Crippen LogP) is 25.8. The lowest BCUT2D eigenvalue weighted by molar-refractivity contribution is -0.870. The van der Waals surface area contributed by atoms with Gasteiger partial charge in [0.05, 0.1) is 33.8 Å². The van der Waals surface area contributed by atoms with Gasteiger partial charge in [-0.15, -0.1) is 0 Å². The Morgan fingerprint density at radius 3 is 1.00 bits per heavy atom. The third-order valence-electron chi connectivity index (χ3n) is 17.5. The number of allylic oxidation sites excluding steroid dienone is 15. The van der Waals surface area contributed by atoms with Gasteiger partial charge in [0.2, 0.25) is 5.91 Å². The molecule has 93 heavy (non-hydrogen) atoms. The highest BCUT2D eigenvalue weighted by Crippen LogP contribution is 2.43. The van der Waals surface area contributed by atoms with E-state index in [1.165, 1.54) is 244 Å². The predicted molar refractivity (Wildman–Crippen MR) is 406 cm³/mol. The first-order chi connectivity index (χ1) is 45.4. The average molecular weight is 1320 g/mol. The summed E-state index contributed by atoms with van der Waals surface area (Å²) < 4.78 is 30.9. The number of unbranched alkanes of at least 4 members (excludes halogenated alkanes) is 42. The third-order valence-corrected chi connectivity index (χ3v) is 18.5. The van der Waals surface area contributed by atoms with Crippen LogP contribution in [0.3, 0.4) is 0 Å². The van der Waals surface area contributed by atoms with Crippen LogP contribution in [0, 0.1) is 0 Å². The van der Waals surface area contributed by atoms with Gasteiger partial charge in [0.15, 0.2) is 0 Å². The molecule has 3 unspecified atom stereocenters. The van der Waals surface area contributed by atoms with Crippen molar-refractivity contribution in [3.63, 3.8) is 0 Å². The van der Waals surface area contributed by atoms with Crippen molar-refractivity contribution < 1.29 is 37.3 Å². The first-order valence-corrected chi connectivity index (χ1v) is 41.1. The Bertz CT molecular complexity index is 1910. The first kappa shape index (κ1) is 89.9. The molecular formula is C83H152N2O7P+. The van der Waals surface area contributed by atoms with E-state index in [2.05, 4.69) is 111 Å². The highest BCUT2D eigenvalue weighted by Gasteiger charge is 2.30. The molecule has 2 N–H and O–H groups in total. The number of hydrogen-bond acceptors (Lipinski definition) is 6. The van der Waals surface area contributed by atoms with Crippen molar-refractivity contribution >= 4 is 19.7 Å². The van der Waals surface area contributed by atoms with Crippen molar-refractivity contribution in [3.8, 4) is 0 Å². The molecule has 0 aromatic carbocycles. The topological polar surface area (TPSA) is 111 Å². The van der Waals surface area contributed by atoms with Crippen LogP contribution in [0.4, 0.5) is 0 Å². The van der Waals surface area contributed by atoms with Gasteiger partial charge in [-0.2, -0.15) is 0 Å². The molecule has 0 aliphatic carbocycles. The first-order valence-electron chi connectivity index (χ1n) is 39.6. The van der Waals surface area contributed by atoms with Crippen LogP contribution in [0.5, 0.6) is 0 Å². The summed E-state index contributed by atoms with van der Waals surface area (Å²) >= 11 is 0. The van der Waals surface area contributed by atoms with E-state index in [9.17, 15) is 19.0 Å². The largest absolute Gasteiger partial charge is 0.472 e. The monoisotopic (exact) mass is 1320 g/mol. The molecule has 9 nitrogen and oxygen atoms in total. The maximum atomic E-state index is 13.7. The Morgan fingerprint density at radius 1 is 0.376 bits per heavy atom. The van der Waals surface area contributed by atoms with Crippen LogP contribution in [0.2, 0.25) is 0 Å². The number of esters is 1. The smallest absolute Gasteiger partial charge is 0.456 e. The molecule has 0 spiro atoms. The number of carbonyl (C=O) groups is 2. The van der Waals surface area contributed by atoms with Gasteiger partial charge in [0.25, 0.3) is 0 Å². The van der Waals surface area contributed by atoms with Gasteiger partial charge in [-0.1, -0.05) is 337 Å². The summed E-state index contributed by atoms with van der Waals surface area (Å²) in [5, 5.41) is 3.08. The number of amides is 1. The molecule has 10 heteroatoms. The molecule has 1 amide bonds. The summed E-state index contributed by atoms with van der Waals surface area (Å²) in [5.74, 6) is -0.499. The molecule has 0 aliphatic heterocycles. The number of nitrogens with one attached hydrogen (secondary N) is 1. The van der Waals surface area contributed by atoms with E-state index in [4.69, 9.17) is 13.8 Å². The van der Waals surface area contributed by atoms with Crippen LogP contribution in [-0.4, -0.2) is 74.3 Å². The SMILES string of the molecule is CCCCC/C=C\C/C=C\C/C=C\C/C=C\CCCCCCCCCCCCCC(=O)NC(COP(=O)(O)OCC[N+](C)(C)C)C(/C=C/CCCCCCCCCCCCC)OC(=O)CCCCCCCCCCCCCCCC/C=C\C/C=C\C/C=C\CCCCC. The number of carbonyl (C=O) groups excluding carboxylic acids is 2. The number of quaternary nitrogens is 1. The Labute approximate surface area is 577 Å². The molecule has 0 fully saturated rings. The Kier molecular flexibility index (Phi) is 69.3. The molecule has 0 heterocycles. The minimum absolute atomic E-state index is 0.0372. The molecular weight excluding hydrogens is 1170 g/mol. The lowest BCUT2D eigenvalue weighted by atomic mass is 10.0. The second-order valence-electron chi connectivity index (χ2n) is 27.9. The summed E-state index contributed by atoms with van der Waals surface area (Å²) in [6.45, 7) is 7.00. The number of phosphoric ester groups is 1. The van der Waals surface area contributed by atoms with Crippen molar-refractivity contribution in [3.05, 3.63) is 97.2 Å². The number of rotatable bonds is 72. The van der Waals surface area contributed by atoms with E-state index < -0.39 is 20.0 Å². The summed E-state index contributed by atoms with van der Waals surface area (Å²) in [6.07, 6.45) is 98.6. The maximum absolute atomic E-state index is 13.7. The standard InChI is InChI=1S/C83H151N2O7P/c1-7-10-13-16-19-22-25-28-30-32-34-36-38-40-42-44-46-48-50-52-54-57-60-63-66-69-72-75-82(86)84-80(79-91-93(88,89)90-78-77-85(4,5)6)81(74-71-68-65-62-59-56-27-24-21-18-15-12-9-3)92-83(87)76-73-70-67-64-61-58-55-53-51-49-47-45-43-41-39-37-35-33-31-29-26-23-20-17-14-11-8-2/h19-20,22-23,28-31,34-37,40,42,71,74,80-81H,7-18,21,24-27,32-33,38-39,41,43-70,72-73,75-79H2,1-6H3,(H-,84,86,88,89)/p+1/b22-19-,23-20-,30-28-,31-29-,36-34-,37-35-,42-40-,74-71+. The van der Waals surface area contributed by atoms with E-state index in [1.807, 2.05) is 33.3 Å². The molecule has 540 valence electrons. The van der Waals surface area contributed by atoms with E-state index >= 15 is 0 Å². The quantitative estimate of drug-likeness (QED) is 0.0205. The molecule has 0 radical (unpaired) electrons. The van der Waals surface area contributed by atoms with Crippen LogP contribution < -0.4 is 5.32 Å². The summed E-state index contributed by atoms with van der Waals surface area (Å²) in [4.78, 5) is 38.1. The van der Waals surface area contributed by atoms with Gasteiger partial charge in [-0.05, 0) is 115 Å². The zero-order valence-corrected chi connectivity index (χ0v) is 62.9. The number of likely N-dealkylation sites (N-methyl/N-ethyl adjacent to an activating group) is 1. The number of nitrogens with zero attached hydrogens (tertiary/aromatic N) is 1. The third kappa shape index (κ3) is 73.0. The van der Waals surface area contributed by atoms with Crippen molar-refractivity contribution in [2.24, 2.45) is 0 Å². The van der Waals surface area contributed by atoms with Gasteiger partial charge in [-0.3, -0.25) is 18.6 Å². The second-order valence-corrected chi connectivity index (χ2v) is 29.3. The minimum atomic E-state index is -4.46. The van der Waals surface area contributed by atoms with Crippen LogP contribution in [-0.2, 0) is 27.9 Å². The van der Waals surface area contributed by atoms with E-state index in [1.54, 1.807) is 0 Å². The normalized spacial score (nSPS) is 13.9. The van der Waals surface area contributed by atoms with E-state index in [0.29, 0.717) is 17.4 Å². The Balaban J connectivity index is 4.99. The fraction of sp³-hybridized carbons (Fsp3) is 0.783. The molecule has 3 atom stereocenters. The summed E-state index contributed by atoms with van der Waals surface area (Å²) in [7, 11) is 1.50.